The van der Waals surface area contributed by atoms with Gasteiger partial charge in [-0.15, -0.1) is 0 Å². The normalized spacial score (nSPS) is 10.9. The van der Waals surface area contributed by atoms with Crippen molar-refractivity contribution in [3.8, 4) is 22.8 Å². The van der Waals surface area contributed by atoms with Gasteiger partial charge in [0.25, 0.3) is 0 Å². The third-order valence-corrected chi connectivity index (χ3v) is 5.22. The fraction of sp³-hybridized carbons (Fsp3) is 0.0909. The molecule has 0 spiro atoms. The predicted octanol–water partition coefficient (Wildman–Crippen LogP) is 5.37. The van der Waals surface area contributed by atoms with E-state index in [2.05, 4.69) is 15.0 Å². The Morgan fingerprint density at radius 1 is 1.03 bits per heavy atom. The first kappa shape index (κ1) is 20.1. The number of carboxylic acid groups (broad SMARTS) is 1. The molecule has 0 aliphatic rings. The monoisotopic (exact) mass is 438 g/mol. The lowest BCUT2D eigenvalue weighted by molar-refractivity contribution is 0.0685. The molecule has 2 aromatic heterocycles. The molecule has 0 aliphatic carbocycles. The maximum absolute atomic E-state index is 12.0. The third-order valence-electron chi connectivity index (χ3n) is 4.61. The van der Waals surface area contributed by atoms with E-state index in [1.807, 2.05) is 30.3 Å². The molecular formula is C22H16Cl2N4O2. The maximum atomic E-state index is 12.0. The molecule has 4 rings (SSSR count). The molecule has 0 amide bonds. The van der Waals surface area contributed by atoms with Gasteiger partial charge in [0.2, 0.25) is 0 Å². The molecule has 0 radical (unpaired) electrons. The first-order valence-corrected chi connectivity index (χ1v) is 9.82. The predicted molar refractivity (Wildman–Crippen MR) is 116 cm³/mol. The van der Waals surface area contributed by atoms with Gasteiger partial charge in [0, 0.05) is 15.6 Å². The van der Waals surface area contributed by atoms with E-state index < -0.39 is 5.97 Å². The summed E-state index contributed by atoms with van der Waals surface area (Å²) in [5.74, 6) is -0.692. The average Bonchev–Trinajstić information content (AvgIpc) is 3.07. The van der Waals surface area contributed by atoms with Gasteiger partial charge in [-0.25, -0.2) is 14.8 Å². The number of rotatable bonds is 5. The third kappa shape index (κ3) is 3.92. The molecule has 0 bridgehead atoms. The summed E-state index contributed by atoms with van der Waals surface area (Å²) in [4.78, 5) is 25.4. The molecule has 0 fully saturated rings. The minimum atomic E-state index is -1.09. The molecule has 0 saturated carbocycles. The van der Waals surface area contributed by atoms with Crippen LogP contribution in [0, 0.1) is 6.92 Å². The molecule has 0 aliphatic heterocycles. The zero-order chi connectivity index (χ0) is 21.3. The Hall–Kier alpha value is -3.22. The summed E-state index contributed by atoms with van der Waals surface area (Å²) in [5.41, 5.74) is 3.15. The van der Waals surface area contributed by atoms with Crippen LogP contribution in [-0.2, 0) is 6.54 Å². The van der Waals surface area contributed by atoms with Gasteiger partial charge in [0.05, 0.1) is 30.3 Å². The van der Waals surface area contributed by atoms with Crippen molar-refractivity contribution in [3.63, 3.8) is 0 Å². The summed E-state index contributed by atoms with van der Waals surface area (Å²) < 4.78 is 1.58. The van der Waals surface area contributed by atoms with E-state index in [4.69, 9.17) is 23.2 Å². The number of benzene rings is 2. The molecule has 150 valence electrons. The number of hydrogen-bond acceptors (Lipinski definition) is 4. The Bertz CT molecular complexity index is 1240. The van der Waals surface area contributed by atoms with Gasteiger partial charge in [-0.3, -0.25) is 4.98 Å². The number of aromatic nitrogens is 4. The zero-order valence-corrected chi connectivity index (χ0v) is 17.4. The highest BCUT2D eigenvalue weighted by Crippen LogP contribution is 2.27. The van der Waals surface area contributed by atoms with Crippen LogP contribution in [0.5, 0.6) is 0 Å². The van der Waals surface area contributed by atoms with Crippen LogP contribution in [-0.4, -0.2) is 30.6 Å². The fourth-order valence-electron chi connectivity index (χ4n) is 3.25. The fourth-order valence-corrected chi connectivity index (χ4v) is 3.62. The van der Waals surface area contributed by atoms with Crippen molar-refractivity contribution in [2.75, 3.05) is 0 Å². The van der Waals surface area contributed by atoms with Crippen molar-refractivity contribution in [2.45, 2.75) is 13.5 Å². The molecule has 0 atom stereocenters. The molecule has 0 saturated heterocycles. The van der Waals surface area contributed by atoms with Gasteiger partial charge in [0.15, 0.2) is 11.5 Å². The quantitative estimate of drug-likeness (QED) is 0.452. The highest BCUT2D eigenvalue weighted by Gasteiger charge is 2.23. The zero-order valence-electron chi connectivity index (χ0n) is 15.9. The maximum Gasteiger partial charge on any atom is 0.354 e. The van der Waals surface area contributed by atoms with Gasteiger partial charge in [-0.1, -0.05) is 53.5 Å². The summed E-state index contributed by atoms with van der Waals surface area (Å²) in [5, 5.41) is 10.8. The van der Waals surface area contributed by atoms with E-state index in [0.717, 1.165) is 5.56 Å². The van der Waals surface area contributed by atoms with Crippen LogP contribution < -0.4 is 0 Å². The smallest absolute Gasteiger partial charge is 0.354 e. The van der Waals surface area contributed by atoms with Crippen LogP contribution in [0.1, 0.15) is 21.7 Å². The summed E-state index contributed by atoms with van der Waals surface area (Å²) in [6.45, 7) is 1.83. The summed E-state index contributed by atoms with van der Waals surface area (Å²) in [7, 11) is 0. The van der Waals surface area contributed by atoms with E-state index >= 15 is 0 Å². The molecule has 8 heteroatoms. The van der Waals surface area contributed by atoms with Gasteiger partial charge in [-0.2, -0.15) is 0 Å². The van der Waals surface area contributed by atoms with Crippen molar-refractivity contribution in [3.05, 3.63) is 87.9 Å². The van der Waals surface area contributed by atoms with Crippen molar-refractivity contribution >= 4 is 29.2 Å². The van der Waals surface area contributed by atoms with Crippen molar-refractivity contribution in [2.24, 2.45) is 0 Å². The Balaban J connectivity index is 1.86. The van der Waals surface area contributed by atoms with Gasteiger partial charge in [-0.05, 0) is 30.7 Å². The van der Waals surface area contributed by atoms with E-state index in [0.29, 0.717) is 38.5 Å². The average molecular weight is 439 g/mol. The summed E-state index contributed by atoms with van der Waals surface area (Å²) >= 11 is 12.4. The van der Waals surface area contributed by atoms with E-state index in [1.54, 1.807) is 42.1 Å². The van der Waals surface area contributed by atoms with Crippen molar-refractivity contribution in [1.29, 1.82) is 0 Å². The van der Waals surface area contributed by atoms with Crippen LogP contribution in [0.3, 0.4) is 0 Å². The minimum absolute atomic E-state index is 0.0629. The van der Waals surface area contributed by atoms with E-state index in [9.17, 15) is 9.90 Å². The van der Waals surface area contributed by atoms with Crippen LogP contribution in [0.4, 0.5) is 0 Å². The number of imidazole rings is 1. The topological polar surface area (TPSA) is 80.9 Å². The lowest BCUT2D eigenvalue weighted by atomic mass is 10.1. The second-order valence-corrected chi connectivity index (χ2v) is 7.50. The van der Waals surface area contributed by atoms with Crippen molar-refractivity contribution in [1.82, 2.24) is 19.5 Å². The summed E-state index contributed by atoms with van der Waals surface area (Å²) in [6.07, 6.45) is 3.22. The molecule has 30 heavy (non-hydrogen) atoms. The Morgan fingerprint density at radius 2 is 1.77 bits per heavy atom. The van der Waals surface area contributed by atoms with Gasteiger partial charge in [0.1, 0.15) is 5.69 Å². The number of carbonyl (C=O) groups is 1. The number of aryl methyl sites for hydroxylation is 1. The summed E-state index contributed by atoms with van der Waals surface area (Å²) in [6, 6.07) is 14.7. The van der Waals surface area contributed by atoms with Crippen LogP contribution in [0.15, 0.2) is 60.9 Å². The standard InChI is InChI=1S/C22H16Cl2N4O2/c1-13-20(22(29)30)28(12-15-9-16(23)7-8-17(15)24)21(26-13)19-11-25-10-18(27-19)14-5-3-2-4-6-14/h2-11H,12H2,1H3,(H,29,30). The Kier molecular flexibility index (Phi) is 5.53. The second kappa shape index (κ2) is 8.26. The van der Waals surface area contributed by atoms with E-state index in [-0.39, 0.29) is 12.2 Å². The largest absolute Gasteiger partial charge is 0.477 e. The highest BCUT2D eigenvalue weighted by molar-refractivity contribution is 6.33. The lowest BCUT2D eigenvalue weighted by Gasteiger charge is -2.12. The number of nitrogens with zero attached hydrogens (tertiary/aromatic N) is 4. The molecule has 0 unspecified atom stereocenters. The van der Waals surface area contributed by atoms with E-state index in [1.165, 1.54) is 0 Å². The Morgan fingerprint density at radius 3 is 2.50 bits per heavy atom. The Labute approximate surface area is 182 Å². The van der Waals surface area contributed by atoms with Crippen molar-refractivity contribution < 1.29 is 9.90 Å². The second-order valence-electron chi connectivity index (χ2n) is 6.65. The van der Waals surface area contributed by atoms with Crippen LogP contribution in [0.25, 0.3) is 22.8 Å². The molecule has 1 N–H and O–H groups in total. The molecule has 6 nitrogen and oxygen atoms in total. The number of hydrogen-bond donors (Lipinski definition) is 1. The highest BCUT2D eigenvalue weighted by atomic mass is 35.5. The molecular weight excluding hydrogens is 423 g/mol. The SMILES string of the molecule is Cc1nc(-c2cncc(-c3ccccc3)n2)n(Cc2cc(Cl)ccc2Cl)c1C(=O)O. The molecule has 2 aromatic carbocycles. The first-order chi connectivity index (χ1) is 14.4. The van der Waals surface area contributed by atoms with Gasteiger partial charge < -0.3 is 9.67 Å². The molecule has 4 aromatic rings. The number of aromatic carboxylic acids is 1. The molecule has 2 heterocycles. The van der Waals surface area contributed by atoms with Crippen LogP contribution >= 0.6 is 23.2 Å². The van der Waals surface area contributed by atoms with Gasteiger partial charge >= 0.3 is 5.97 Å². The number of halogens is 2. The minimum Gasteiger partial charge on any atom is -0.477 e. The lowest BCUT2D eigenvalue weighted by Crippen LogP contribution is -2.12. The first-order valence-electron chi connectivity index (χ1n) is 9.06. The number of carboxylic acids is 1. The van der Waals surface area contributed by atoms with Crippen LogP contribution in [0.2, 0.25) is 10.0 Å².